The van der Waals surface area contributed by atoms with Crippen molar-refractivity contribution in [2.45, 2.75) is 4.90 Å². The highest BCUT2D eigenvalue weighted by Crippen LogP contribution is 2.26. The molecule has 118 valence electrons. The lowest BCUT2D eigenvalue weighted by Crippen LogP contribution is -2.29. The summed E-state index contributed by atoms with van der Waals surface area (Å²) in [5.41, 5.74) is -0.210. The molecule has 1 aromatic carbocycles. The van der Waals surface area contributed by atoms with Crippen molar-refractivity contribution in [1.82, 2.24) is 4.72 Å². The van der Waals surface area contributed by atoms with Crippen LogP contribution >= 0.6 is 0 Å². The second-order valence-electron chi connectivity index (χ2n) is 4.21. The summed E-state index contributed by atoms with van der Waals surface area (Å²) in [6.07, 6.45) is 0.992. The molecule has 1 aromatic rings. The van der Waals surface area contributed by atoms with Crippen LogP contribution in [0.3, 0.4) is 0 Å². The van der Waals surface area contributed by atoms with Crippen LogP contribution in [0.5, 0.6) is 0 Å². The van der Waals surface area contributed by atoms with Gasteiger partial charge in [-0.15, -0.1) is 0 Å². The molecule has 0 aliphatic heterocycles. The summed E-state index contributed by atoms with van der Waals surface area (Å²) in [5.74, 6) is -0.335. The molecular weight excluding hydrogens is 322 g/mol. The summed E-state index contributed by atoms with van der Waals surface area (Å²) in [4.78, 5) is 9.93. The number of nitrogens with one attached hydrogen (secondary N) is 2. The van der Waals surface area contributed by atoms with Gasteiger partial charge < -0.3 is 5.32 Å². The van der Waals surface area contributed by atoms with E-state index in [1.54, 1.807) is 0 Å². The van der Waals surface area contributed by atoms with Crippen LogP contribution in [-0.2, 0) is 19.9 Å². The Morgan fingerprint density at radius 3 is 2.33 bits per heavy atom. The van der Waals surface area contributed by atoms with Crippen LogP contribution < -0.4 is 10.0 Å². The number of sulfone groups is 1. The lowest BCUT2D eigenvalue weighted by molar-refractivity contribution is -0.384. The van der Waals surface area contributed by atoms with Crippen molar-refractivity contribution in [2.24, 2.45) is 0 Å². The molecule has 0 aliphatic rings. The van der Waals surface area contributed by atoms with Gasteiger partial charge in [-0.25, -0.2) is 21.6 Å². The first-order valence-electron chi connectivity index (χ1n) is 5.70. The fourth-order valence-electron chi connectivity index (χ4n) is 1.49. The van der Waals surface area contributed by atoms with Crippen molar-refractivity contribution in [1.29, 1.82) is 0 Å². The molecule has 0 radical (unpaired) electrons. The topological polar surface area (TPSA) is 135 Å². The normalized spacial score (nSPS) is 12.1. The van der Waals surface area contributed by atoms with Crippen LogP contribution in [-0.4, -0.2) is 47.4 Å². The molecule has 0 aromatic heterocycles. The van der Waals surface area contributed by atoms with Gasteiger partial charge in [0, 0.05) is 25.9 Å². The van der Waals surface area contributed by atoms with Crippen molar-refractivity contribution < 1.29 is 21.8 Å². The van der Waals surface area contributed by atoms with Gasteiger partial charge in [-0.2, -0.15) is 0 Å². The second-order valence-corrected chi connectivity index (χ2v) is 8.24. The average molecular weight is 337 g/mol. The van der Waals surface area contributed by atoms with Crippen LogP contribution in [0.15, 0.2) is 23.1 Å². The van der Waals surface area contributed by atoms with Gasteiger partial charge in [-0.3, -0.25) is 10.1 Å². The molecule has 0 saturated heterocycles. The van der Waals surface area contributed by atoms with E-state index in [4.69, 9.17) is 0 Å². The molecule has 0 fully saturated rings. The number of hydrogen-bond donors (Lipinski definition) is 2. The Balaban J connectivity index is 3.01. The highest BCUT2D eigenvalue weighted by molar-refractivity contribution is 7.91. The van der Waals surface area contributed by atoms with E-state index in [0.29, 0.717) is 0 Å². The van der Waals surface area contributed by atoms with E-state index in [-0.39, 0.29) is 28.6 Å². The Hall–Kier alpha value is -1.72. The predicted molar refractivity (Wildman–Crippen MR) is 77.5 cm³/mol. The monoisotopic (exact) mass is 337 g/mol. The number of sulfonamides is 1. The average Bonchev–Trinajstić information content (AvgIpc) is 2.35. The fourth-order valence-corrected chi connectivity index (χ4v) is 3.15. The minimum Gasteiger partial charge on any atom is -0.383 e. The summed E-state index contributed by atoms with van der Waals surface area (Å²) in [5, 5.41) is 13.3. The predicted octanol–water partition coefficient (Wildman–Crippen LogP) is -0.0406. The van der Waals surface area contributed by atoms with Gasteiger partial charge in [0.05, 0.1) is 15.6 Å². The third kappa shape index (κ3) is 4.95. The van der Waals surface area contributed by atoms with Gasteiger partial charge in [0.2, 0.25) is 10.0 Å². The van der Waals surface area contributed by atoms with Crippen molar-refractivity contribution >= 4 is 31.2 Å². The Bertz CT molecular complexity index is 742. The molecular formula is C10H15N3O6S2. The van der Waals surface area contributed by atoms with Crippen LogP contribution in [0.25, 0.3) is 0 Å². The van der Waals surface area contributed by atoms with Crippen molar-refractivity contribution in [3.8, 4) is 0 Å². The Kier molecular flexibility index (Phi) is 5.25. The van der Waals surface area contributed by atoms with E-state index in [2.05, 4.69) is 10.0 Å². The second kappa shape index (κ2) is 6.37. The molecule has 11 heteroatoms. The molecule has 1 rings (SSSR count). The number of hydrogen-bond acceptors (Lipinski definition) is 7. The fraction of sp³-hybridized carbons (Fsp3) is 0.400. The molecule has 0 atom stereocenters. The number of anilines is 1. The maximum atomic E-state index is 12.0. The first-order chi connectivity index (χ1) is 9.57. The Labute approximate surface area is 122 Å². The zero-order valence-corrected chi connectivity index (χ0v) is 13.0. The first kappa shape index (κ1) is 17.3. The quantitative estimate of drug-likeness (QED) is 0.526. The molecule has 2 N–H and O–H groups in total. The number of rotatable bonds is 7. The lowest BCUT2D eigenvalue weighted by atomic mass is 10.3. The van der Waals surface area contributed by atoms with Gasteiger partial charge in [-0.1, -0.05) is 0 Å². The largest absolute Gasteiger partial charge is 0.383 e. The standard InChI is InChI=1S/C10H15N3O6S2/c1-11-9-7-8(3-4-10(9)13(14)15)21(18,19)12-5-6-20(2,16)17/h3-4,7,11-12H,5-6H2,1-2H3. The number of nitro benzene ring substituents is 1. The lowest BCUT2D eigenvalue weighted by Gasteiger charge is -2.08. The molecule has 21 heavy (non-hydrogen) atoms. The number of benzene rings is 1. The minimum absolute atomic E-state index is 0.0472. The summed E-state index contributed by atoms with van der Waals surface area (Å²) < 4.78 is 48.0. The third-order valence-electron chi connectivity index (χ3n) is 2.51. The zero-order valence-electron chi connectivity index (χ0n) is 11.4. The van der Waals surface area contributed by atoms with E-state index in [9.17, 15) is 26.9 Å². The van der Waals surface area contributed by atoms with E-state index < -0.39 is 24.8 Å². The molecule has 0 heterocycles. The molecule has 0 amide bonds. The third-order valence-corrected chi connectivity index (χ3v) is 4.91. The van der Waals surface area contributed by atoms with Gasteiger partial charge in [0.25, 0.3) is 5.69 Å². The first-order valence-corrected chi connectivity index (χ1v) is 9.25. The molecule has 0 bridgehead atoms. The van der Waals surface area contributed by atoms with Crippen LogP contribution in [0.4, 0.5) is 11.4 Å². The van der Waals surface area contributed by atoms with Crippen LogP contribution in [0.1, 0.15) is 0 Å². The summed E-state index contributed by atoms with van der Waals surface area (Å²) in [7, 11) is -5.80. The molecule has 0 saturated carbocycles. The van der Waals surface area contributed by atoms with Crippen molar-refractivity contribution in [2.75, 3.05) is 30.9 Å². The molecule has 9 nitrogen and oxygen atoms in total. The maximum absolute atomic E-state index is 12.0. The minimum atomic E-state index is -3.93. The van der Waals surface area contributed by atoms with Crippen molar-refractivity contribution in [3.63, 3.8) is 0 Å². The Morgan fingerprint density at radius 1 is 1.24 bits per heavy atom. The van der Waals surface area contributed by atoms with Gasteiger partial charge in [0.1, 0.15) is 15.5 Å². The zero-order chi connectivity index (χ0) is 16.3. The highest BCUT2D eigenvalue weighted by Gasteiger charge is 2.20. The Morgan fingerprint density at radius 2 is 1.86 bits per heavy atom. The SMILES string of the molecule is CNc1cc(S(=O)(=O)NCCS(C)(=O)=O)ccc1[N+](=O)[O-]. The highest BCUT2D eigenvalue weighted by atomic mass is 32.2. The molecule has 0 aliphatic carbocycles. The maximum Gasteiger partial charge on any atom is 0.292 e. The van der Waals surface area contributed by atoms with Gasteiger partial charge >= 0.3 is 0 Å². The van der Waals surface area contributed by atoms with Crippen molar-refractivity contribution in [3.05, 3.63) is 28.3 Å². The van der Waals surface area contributed by atoms with Crippen LogP contribution in [0, 0.1) is 10.1 Å². The summed E-state index contributed by atoms with van der Waals surface area (Å²) >= 11 is 0. The van der Waals surface area contributed by atoms with E-state index in [1.807, 2.05) is 0 Å². The molecule has 0 unspecified atom stereocenters. The van der Waals surface area contributed by atoms with E-state index >= 15 is 0 Å². The number of nitrogens with zero attached hydrogens (tertiary/aromatic N) is 1. The molecule has 0 spiro atoms. The smallest absolute Gasteiger partial charge is 0.292 e. The van der Waals surface area contributed by atoms with Crippen LogP contribution in [0.2, 0.25) is 0 Å². The van der Waals surface area contributed by atoms with E-state index in [1.165, 1.54) is 7.05 Å². The van der Waals surface area contributed by atoms with E-state index in [0.717, 1.165) is 24.5 Å². The van der Waals surface area contributed by atoms with Gasteiger partial charge in [0.15, 0.2) is 0 Å². The number of nitro groups is 1. The van der Waals surface area contributed by atoms with Gasteiger partial charge in [-0.05, 0) is 12.1 Å². The summed E-state index contributed by atoms with van der Waals surface area (Å²) in [6, 6.07) is 3.26. The summed E-state index contributed by atoms with van der Waals surface area (Å²) in [6.45, 7) is -0.271.